The molecule has 0 N–H and O–H groups in total. The molecule has 0 radical (unpaired) electrons. The van der Waals surface area contributed by atoms with Crippen LogP contribution in [0.2, 0.25) is 0 Å². The van der Waals surface area contributed by atoms with E-state index in [9.17, 15) is 0 Å². The third kappa shape index (κ3) is 1.47. The Bertz CT molecular complexity index is 109. The van der Waals surface area contributed by atoms with Crippen molar-refractivity contribution in [3.05, 3.63) is 24.6 Å². The lowest BCUT2D eigenvalue weighted by atomic mass is 10.6. The SMILES string of the molecule is C1=C\N=C/N=N\C=C/1. The van der Waals surface area contributed by atoms with E-state index in [-0.39, 0.29) is 0 Å². The molecule has 0 saturated carbocycles. The van der Waals surface area contributed by atoms with Crippen LogP contribution in [0.5, 0.6) is 0 Å². The van der Waals surface area contributed by atoms with Crippen LogP contribution >= 0.6 is 0 Å². The lowest BCUT2D eigenvalue weighted by molar-refractivity contribution is 1.28. The molecule has 0 amide bonds. The summed E-state index contributed by atoms with van der Waals surface area (Å²) in [6, 6.07) is 0. The van der Waals surface area contributed by atoms with Crippen LogP contribution in [0.25, 0.3) is 0 Å². The Kier molecular flexibility index (Phi) is 1.74. The smallest absolute Gasteiger partial charge is 0.137 e. The van der Waals surface area contributed by atoms with Crippen LogP contribution in [0.4, 0.5) is 0 Å². The van der Waals surface area contributed by atoms with E-state index < -0.39 is 0 Å². The summed E-state index contributed by atoms with van der Waals surface area (Å²) in [5.41, 5.74) is 0. The monoisotopic (exact) mass is 107 g/mol. The van der Waals surface area contributed by atoms with Gasteiger partial charge in [-0.15, -0.1) is 5.11 Å². The number of aliphatic imine (C=N–C) groups is 1. The highest BCUT2D eigenvalue weighted by atomic mass is 15.1. The molecule has 0 bridgehead atoms. The lowest BCUT2D eigenvalue weighted by Gasteiger charge is -1.76. The molecule has 0 unspecified atom stereocenters. The van der Waals surface area contributed by atoms with Crippen LogP contribution in [0.3, 0.4) is 0 Å². The molecule has 1 aliphatic rings. The van der Waals surface area contributed by atoms with Gasteiger partial charge in [0.05, 0.1) is 0 Å². The molecule has 0 saturated heterocycles. The standard InChI is InChI=1S/C5H5N3/c1-2-4-7-8-5-6-3-1/h1-5H/b2-1?,3-1-,4-2-,6-3?,6-5-,7-4?,8-5?,8-7-. The second-order valence-corrected chi connectivity index (χ2v) is 1.18. The molecule has 1 aliphatic heterocycles. The number of rotatable bonds is 0. The maximum atomic E-state index is 3.71. The second kappa shape index (κ2) is 2.85. The Morgan fingerprint density at radius 3 is 2.75 bits per heavy atom. The minimum atomic E-state index is 1.39. The predicted octanol–water partition coefficient (Wildman–Crippen LogP) is 1.51. The van der Waals surface area contributed by atoms with Crippen molar-refractivity contribution in [3.63, 3.8) is 0 Å². The molecule has 0 atom stereocenters. The Labute approximate surface area is 47.2 Å². The van der Waals surface area contributed by atoms with Crippen molar-refractivity contribution in [3.8, 4) is 0 Å². The minimum absolute atomic E-state index is 1.39. The first kappa shape index (κ1) is 4.90. The maximum absolute atomic E-state index is 3.71. The van der Waals surface area contributed by atoms with Crippen LogP contribution in [-0.4, -0.2) is 6.34 Å². The molecule has 0 aromatic heterocycles. The van der Waals surface area contributed by atoms with Crippen molar-refractivity contribution >= 4 is 6.34 Å². The predicted molar refractivity (Wildman–Crippen MR) is 31.6 cm³/mol. The van der Waals surface area contributed by atoms with Gasteiger partial charge in [0.2, 0.25) is 0 Å². The van der Waals surface area contributed by atoms with E-state index in [1.165, 1.54) is 6.34 Å². The van der Waals surface area contributed by atoms with Crippen molar-refractivity contribution in [2.75, 3.05) is 0 Å². The van der Waals surface area contributed by atoms with E-state index in [2.05, 4.69) is 15.2 Å². The van der Waals surface area contributed by atoms with Crippen molar-refractivity contribution in [2.24, 2.45) is 15.2 Å². The zero-order chi connectivity index (χ0) is 5.66. The average Bonchev–Trinajstić information content (AvgIpc) is 1.62. The third-order valence-electron chi connectivity index (χ3n) is 0.621. The van der Waals surface area contributed by atoms with Gasteiger partial charge in [-0.05, 0) is 12.2 Å². The molecule has 1 rings (SSSR count). The van der Waals surface area contributed by atoms with Gasteiger partial charge >= 0.3 is 0 Å². The van der Waals surface area contributed by atoms with Gasteiger partial charge in [0.1, 0.15) is 6.34 Å². The van der Waals surface area contributed by atoms with Gasteiger partial charge in [0.25, 0.3) is 0 Å². The summed E-state index contributed by atoms with van der Waals surface area (Å²) < 4.78 is 0. The molecule has 8 heavy (non-hydrogen) atoms. The van der Waals surface area contributed by atoms with E-state index in [0.717, 1.165) is 0 Å². The van der Waals surface area contributed by atoms with Crippen molar-refractivity contribution in [1.82, 2.24) is 0 Å². The Balaban J connectivity index is 2.67. The number of hydrogen-bond donors (Lipinski definition) is 0. The fourth-order valence-corrected chi connectivity index (χ4v) is 0.324. The summed E-state index contributed by atoms with van der Waals surface area (Å²) in [5.74, 6) is 0. The van der Waals surface area contributed by atoms with Gasteiger partial charge in [-0.25, -0.2) is 4.99 Å². The Morgan fingerprint density at radius 1 is 0.875 bits per heavy atom. The highest BCUT2D eigenvalue weighted by molar-refractivity contribution is 5.55. The lowest BCUT2D eigenvalue weighted by Crippen LogP contribution is -1.62. The van der Waals surface area contributed by atoms with Crippen molar-refractivity contribution in [1.29, 1.82) is 0 Å². The molecule has 3 heteroatoms. The number of azo groups is 1. The van der Waals surface area contributed by atoms with Gasteiger partial charge in [0.15, 0.2) is 0 Å². The molecular formula is C5H5N3. The quantitative estimate of drug-likeness (QED) is 0.450. The van der Waals surface area contributed by atoms with Gasteiger partial charge in [0, 0.05) is 12.4 Å². The Hall–Kier alpha value is -1.25. The van der Waals surface area contributed by atoms with E-state index in [0.29, 0.717) is 0 Å². The van der Waals surface area contributed by atoms with Gasteiger partial charge in [-0.1, -0.05) is 0 Å². The second-order valence-electron chi connectivity index (χ2n) is 1.18. The summed E-state index contributed by atoms with van der Waals surface area (Å²) in [6.45, 7) is 0. The highest BCUT2D eigenvalue weighted by Crippen LogP contribution is 1.84. The fraction of sp³-hybridized carbons (Fsp3) is 0. The summed E-state index contributed by atoms with van der Waals surface area (Å²) in [4.78, 5) is 3.71. The average molecular weight is 107 g/mol. The molecule has 0 aliphatic carbocycles. The summed E-state index contributed by atoms with van der Waals surface area (Å²) in [5, 5.41) is 7.10. The van der Waals surface area contributed by atoms with Crippen LogP contribution in [0.15, 0.2) is 39.8 Å². The molecular weight excluding hydrogens is 102 g/mol. The highest BCUT2D eigenvalue weighted by Gasteiger charge is 1.67. The van der Waals surface area contributed by atoms with Crippen LogP contribution < -0.4 is 0 Å². The minimum Gasteiger partial charge on any atom is -0.243 e. The molecule has 3 nitrogen and oxygen atoms in total. The normalized spacial score (nSPS) is 32.0. The third-order valence-corrected chi connectivity index (χ3v) is 0.621. The molecule has 0 spiro atoms. The largest absolute Gasteiger partial charge is 0.243 e. The summed E-state index contributed by atoms with van der Waals surface area (Å²) in [6.07, 6.45) is 8.19. The zero-order valence-electron chi connectivity index (χ0n) is 4.23. The molecule has 0 aromatic carbocycles. The summed E-state index contributed by atoms with van der Waals surface area (Å²) in [7, 11) is 0. The molecule has 0 fully saturated rings. The topological polar surface area (TPSA) is 37.1 Å². The molecule has 40 valence electrons. The van der Waals surface area contributed by atoms with E-state index >= 15 is 0 Å². The van der Waals surface area contributed by atoms with Crippen molar-refractivity contribution in [2.45, 2.75) is 0 Å². The number of hydrogen-bond acceptors (Lipinski definition) is 3. The zero-order valence-corrected chi connectivity index (χ0v) is 4.23. The van der Waals surface area contributed by atoms with Crippen LogP contribution in [0, 0.1) is 0 Å². The van der Waals surface area contributed by atoms with E-state index in [1.54, 1.807) is 24.6 Å². The van der Waals surface area contributed by atoms with Gasteiger partial charge in [-0.3, -0.25) is 0 Å². The first-order valence-electron chi connectivity index (χ1n) is 2.23. The maximum Gasteiger partial charge on any atom is 0.137 e. The van der Waals surface area contributed by atoms with Crippen LogP contribution in [-0.2, 0) is 0 Å². The van der Waals surface area contributed by atoms with Crippen LogP contribution in [0.1, 0.15) is 0 Å². The summed E-state index contributed by atoms with van der Waals surface area (Å²) >= 11 is 0. The first-order chi connectivity index (χ1) is 4.00. The molecule has 0 aromatic rings. The Morgan fingerprint density at radius 2 is 1.75 bits per heavy atom. The van der Waals surface area contributed by atoms with Gasteiger partial charge < -0.3 is 0 Å². The first-order valence-corrected chi connectivity index (χ1v) is 2.23. The number of nitrogens with zero attached hydrogens (tertiary/aromatic N) is 3. The number of allylic oxidation sites excluding steroid dienone is 2. The van der Waals surface area contributed by atoms with Gasteiger partial charge in [-0.2, -0.15) is 5.11 Å². The van der Waals surface area contributed by atoms with E-state index in [1.807, 2.05) is 0 Å². The van der Waals surface area contributed by atoms with Crippen molar-refractivity contribution < 1.29 is 0 Å². The van der Waals surface area contributed by atoms with E-state index in [4.69, 9.17) is 0 Å². The fourth-order valence-electron chi connectivity index (χ4n) is 0.324. The molecule has 1 heterocycles.